The molecule has 0 aromatic heterocycles. The summed E-state index contributed by atoms with van der Waals surface area (Å²) in [4.78, 5) is 52.8. The fourth-order valence-corrected chi connectivity index (χ4v) is 8.46. The molecule has 2 aromatic rings. The SMILES string of the molecule is O=C1C2CC=C3C(CC4(Cl)C(=O)N(CBr)C(=O)C4(Cl)C3c3ccc(O)c(F)c3)C2C(=O)N1c1ccc(I)cc1. The Morgan fingerprint density at radius 1 is 1.03 bits per heavy atom. The molecule has 1 saturated carbocycles. The van der Waals surface area contributed by atoms with Gasteiger partial charge in [-0.15, -0.1) is 23.2 Å². The molecule has 12 heteroatoms. The van der Waals surface area contributed by atoms with Gasteiger partial charge in [-0.25, -0.2) is 4.39 Å². The number of benzene rings is 2. The number of amides is 4. The number of likely N-dealkylation sites (tertiary alicyclic amines) is 1. The van der Waals surface area contributed by atoms with Crippen LogP contribution in [-0.2, 0) is 19.2 Å². The van der Waals surface area contributed by atoms with E-state index in [4.69, 9.17) is 23.2 Å². The topological polar surface area (TPSA) is 95.0 Å². The highest BCUT2D eigenvalue weighted by atomic mass is 127. The van der Waals surface area contributed by atoms with Crippen LogP contribution in [0.5, 0.6) is 5.75 Å². The second kappa shape index (κ2) is 9.25. The summed E-state index contributed by atoms with van der Waals surface area (Å²) in [5.41, 5.74) is 1.07. The Morgan fingerprint density at radius 3 is 2.36 bits per heavy atom. The summed E-state index contributed by atoms with van der Waals surface area (Å²) in [7, 11) is 0. The Labute approximate surface area is 254 Å². The molecule has 6 atom stereocenters. The molecule has 2 saturated heterocycles. The van der Waals surface area contributed by atoms with E-state index >= 15 is 0 Å². The molecule has 7 nitrogen and oxygen atoms in total. The van der Waals surface area contributed by atoms with Crippen LogP contribution in [0.25, 0.3) is 0 Å². The Balaban J connectivity index is 1.52. The number of hydrogen-bond acceptors (Lipinski definition) is 5. The molecule has 2 aliphatic carbocycles. The zero-order valence-electron chi connectivity index (χ0n) is 19.9. The Morgan fingerprint density at radius 2 is 1.72 bits per heavy atom. The third-order valence-corrected chi connectivity index (χ3v) is 11.0. The monoisotopic (exact) mass is 746 g/mol. The number of halogens is 5. The number of nitrogens with zero attached hydrogens (tertiary/aromatic N) is 2. The average Bonchev–Trinajstić information content (AvgIpc) is 3.24. The maximum Gasteiger partial charge on any atom is 0.254 e. The van der Waals surface area contributed by atoms with Crippen LogP contribution in [0.1, 0.15) is 24.3 Å². The molecular formula is C27H19BrCl2FIN2O5. The van der Waals surface area contributed by atoms with Crippen molar-refractivity contribution < 1.29 is 28.7 Å². The number of carbonyl (C=O) groups is 4. The lowest BCUT2D eigenvalue weighted by Gasteiger charge is -2.50. The van der Waals surface area contributed by atoms with Crippen LogP contribution in [0.4, 0.5) is 10.1 Å². The van der Waals surface area contributed by atoms with E-state index in [1.807, 2.05) is 0 Å². The van der Waals surface area contributed by atoms with Gasteiger partial charge in [0.05, 0.1) is 23.0 Å². The van der Waals surface area contributed by atoms with E-state index in [1.54, 1.807) is 30.3 Å². The van der Waals surface area contributed by atoms with Crippen molar-refractivity contribution in [1.82, 2.24) is 4.90 Å². The van der Waals surface area contributed by atoms with Crippen LogP contribution in [0.15, 0.2) is 54.1 Å². The van der Waals surface area contributed by atoms with Crippen molar-refractivity contribution in [3.8, 4) is 5.75 Å². The number of allylic oxidation sites excluding steroid dienone is 2. The van der Waals surface area contributed by atoms with Crippen molar-refractivity contribution in [3.05, 3.63) is 69.1 Å². The van der Waals surface area contributed by atoms with Gasteiger partial charge in [-0.1, -0.05) is 33.6 Å². The highest BCUT2D eigenvalue weighted by Crippen LogP contribution is 2.65. The third kappa shape index (κ3) is 3.56. The Kier molecular flexibility index (Phi) is 6.44. The van der Waals surface area contributed by atoms with Crippen LogP contribution in [-0.4, -0.2) is 48.8 Å². The molecule has 4 aliphatic rings. The van der Waals surface area contributed by atoms with Gasteiger partial charge in [0.25, 0.3) is 11.8 Å². The number of carbonyl (C=O) groups excluding carboxylic acids is 4. The van der Waals surface area contributed by atoms with E-state index in [2.05, 4.69) is 38.5 Å². The van der Waals surface area contributed by atoms with E-state index in [-0.39, 0.29) is 29.8 Å². The van der Waals surface area contributed by atoms with E-state index in [0.29, 0.717) is 11.3 Å². The molecule has 6 rings (SSSR count). The number of imide groups is 2. The highest BCUT2D eigenvalue weighted by Gasteiger charge is 2.76. The van der Waals surface area contributed by atoms with Crippen LogP contribution in [0, 0.1) is 27.1 Å². The van der Waals surface area contributed by atoms with E-state index < -0.39 is 62.7 Å². The highest BCUT2D eigenvalue weighted by molar-refractivity contribution is 14.1. The van der Waals surface area contributed by atoms with E-state index in [9.17, 15) is 28.7 Å². The van der Waals surface area contributed by atoms with Crippen molar-refractivity contribution in [1.29, 1.82) is 0 Å². The van der Waals surface area contributed by atoms with Gasteiger partial charge in [-0.2, -0.15) is 0 Å². The van der Waals surface area contributed by atoms with Gasteiger partial charge < -0.3 is 5.11 Å². The maximum absolute atomic E-state index is 14.6. The number of fused-ring (bicyclic) bond motifs is 4. The second-order valence-electron chi connectivity index (χ2n) is 10.2. The zero-order chi connectivity index (χ0) is 28.0. The van der Waals surface area contributed by atoms with Gasteiger partial charge in [0.1, 0.15) is 0 Å². The molecule has 0 spiro atoms. The molecule has 0 bridgehead atoms. The predicted molar refractivity (Wildman–Crippen MR) is 153 cm³/mol. The number of aromatic hydroxyl groups is 1. The van der Waals surface area contributed by atoms with Gasteiger partial charge in [0.15, 0.2) is 21.3 Å². The molecule has 4 amide bonds. The quantitative estimate of drug-likeness (QED) is 0.156. The molecule has 39 heavy (non-hydrogen) atoms. The Hall–Kier alpha value is -2.02. The first-order valence-corrected chi connectivity index (χ1v) is 15.0. The van der Waals surface area contributed by atoms with Crippen LogP contribution >= 0.6 is 61.7 Å². The van der Waals surface area contributed by atoms with Gasteiger partial charge in [0, 0.05) is 9.49 Å². The van der Waals surface area contributed by atoms with Crippen molar-refractivity contribution in [2.45, 2.75) is 28.5 Å². The zero-order valence-corrected chi connectivity index (χ0v) is 25.2. The summed E-state index contributed by atoms with van der Waals surface area (Å²) in [6, 6.07) is 10.6. The molecule has 0 radical (unpaired) electrons. The van der Waals surface area contributed by atoms with Gasteiger partial charge in [-0.05, 0) is 83.3 Å². The molecule has 2 heterocycles. The lowest BCUT2D eigenvalue weighted by Crippen LogP contribution is -2.60. The van der Waals surface area contributed by atoms with Crippen molar-refractivity contribution in [2.24, 2.45) is 17.8 Å². The normalized spacial score (nSPS) is 33.7. The molecular weight excluding hydrogens is 729 g/mol. The van der Waals surface area contributed by atoms with Crippen molar-refractivity contribution >= 4 is 91.0 Å². The molecule has 2 aromatic carbocycles. The smallest absolute Gasteiger partial charge is 0.254 e. The second-order valence-corrected chi connectivity index (χ2v) is 13.2. The summed E-state index contributed by atoms with van der Waals surface area (Å²) in [5, 5.41) is 9.82. The number of phenolic OH excluding ortho intramolecular Hbond substituents is 1. The number of rotatable bonds is 3. The summed E-state index contributed by atoms with van der Waals surface area (Å²) in [6.45, 7) is 0. The minimum atomic E-state index is -2.03. The largest absolute Gasteiger partial charge is 0.505 e. The summed E-state index contributed by atoms with van der Waals surface area (Å²) < 4.78 is 15.6. The fourth-order valence-electron chi connectivity index (χ4n) is 6.67. The van der Waals surface area contributed by atoms with Gasteiger partial charge >= 0.3 is 0 Å². The molecule has 3 fully saturated rings. The molecule has 1 N–H and O–H groups in total. The summed E-state index contributed by atoms with van der Waals surface area (Å²) in [5.74, 6) is -7.11. The molecule has 2 aliphatic heterocycles. The standard InChI is InChI=1S/C27H19BrCl2FIN2O5/c28-11-33-24(38)26(29)10-17-15(21(27(26,30)25(33)39)12-1-8-19(35)18(31)9-12)6-7-16-20(17)23(37)34(22(16)36)14-4-2-13(32)3-5-14/h1-6,8-9,16-17,20-21,35H,7,10-11H2. The van der Waals surface area contributed by atoms with Crippen LogP contribution in [0.3, 0.4) is 0 Å². The number of hydrogen-bond donors (Lipinski definition) is 1. The first kappa shape index (κ1) is 27.2. The third-order valence-electron chi connectivity index (χ3n) is 8.40. The average molecular weight is 748 g/mol. The van der Waals surface area contributed by atoms with Crippen molar-refractivity contribution in [2.75, 3.05) is 10.4 Å². The summed E-state index contributed by atoms with van der Waals surface area (Å²) in [6.07, 6.45) is 1.82. The van der Waals surface area contributed by atoms with E-state index in [0.717, 1.165) is 20.6 Å². The van der Waals surface area contributed by atoms with Gasteiger partial charge in [0.2, 0.25) is 11.8 Å². The number of anilines is 1. The van der Waals surface area contributed by atoms with Crippen molar-refractivity contribution in [3.63, 3.8) is 0 Å². The lowest BCUT2D eigenvalue weighted by molar-refractivity contribution is -0.138. The van der Waals surface area contributed by atoms with E-state index in [1.165, 1.54) is 11.0 Å². The minimum absolute atomic E-state index is 0.155. The summed E-state index contributed by atoms with van der Waals surface area (Å²) >= 11 is 19.5. The first-order valence-electron chi connectivity index (χ1n) is 12.1. The van der Waals surface area contributed by atoms with Gasteiger partial charge in [-0.3, -0.25) is 29.0 Å². The Bertz CT molecular complexity index is 1510. The fraction of sp³-hybridized carbons (Fsp3) is 0.333. The van der Waals surface area contributed by atoms with Crippen LogP contribution in [0.2, 0.25) is 0 Å². The first-order chi connectivity index (χ1) is 18.5. The molecule has 202 valence electrons. The minimum Gasteiger partial charge on any atom is -0.505 e. The maximum atomic E-state index is 14.6. The lowest BCUT2D eigenvalue weighted by atomic mass is 9.56. The number of alkyl halides is 3. The van der Waals surface area contributed by atoms with Crippen LogP contribution < -0.4 is 4.90 Å². The number of phenols is 1. The predicted octanol–water partition coefficient (Wildman–Crippen LogP) is 5.05. The molecule has 6 unspecified atom stereocenters.